The lowest BCUT2D eigenvalue weighted by atomic mass is 10.1. The number of ether oxygens (including phenoxy) is 1. The second-order valence-electron chi connectivity index (χ2n) is 3.42. The molecule has 0 saturated carbocycles. The van der Waals surface area contributed by atoms with Crippen molar-refractivity contribution in [1.82, 2.24) is 4.98 Å². The Labute approximate surface area is 87.9 Å². The number of nitrogens with zero attached hydrogens (tertiary/aromatic N) is 2. The summed E-state index contributed by atoms with van der Waals surface area (Å²) in [7, 11) is 0. The lowest BCUT2D eigenvalue weighted by Gasteiger charge is -2.05. The van der Waals surface area contributed by atoms with Gasteiger partial charge in [-0.2, -0.15) is 0 Å². The van der Waals surface area contributed by atoms with Crippen LogP contribution in [0.25, 0.3) is 10.9 Å². The zero-order valence-corrected chi connectivity index (χ0v) is 8.61. The van der Waals surface area contributed by atoms with Crippen LogP contribution in [0.2, 0.25) is 0 Å². The summed E-state index contributed by atoms with van der Waals surface area (Å²) in [6.45, 7) is 3.93. The van der Waals surface area contributed by atoms with E-state index in [1.807, 2.05) is 32.0 Å². The van der Waals surface area contributed by atoms with E-state index >= 15 is 0 Å². The SMILES string of the molecule is Cc1ccc2c(OC#N)ccc(C)c2n1. The number of hydrogen-bond acceptors (Lipinski definition) is 3. The van der Waals surface area contributed by atoms with Crippen molar-refractivity contribution in [2.24, 2.45) is 0 Å². The third-order valence-electron chi connectivity index (χ3n) is 2.31. The van der Waals surface area contributed by atoms with Crippen LogP contribution in [0, 0.1) is 25.4 Å². The fourth-order valence-electron chi connectivity index (χ4n) is 1.56. The van der Waals surface area contributed by atoms with Crippen LogP contribution in [-0.4, -0.2) is 4.98 Å². The minimum atomic E-state index is 0.561. The maximum atomic E-state index is 8.51. The second-order valence-corrected chi connectivity index (χ2v) is 3.42. The standard InChI is InChI=1S/C12H10N2O/c1-8-3-6-11(15-7-13)10-5-4-9(2)14-12(8)10/h3-6H,1-2H3. The second kappa shape index (κ2) is 3.58. The minimum absolute atomic E-state index is 0.561. The van der Waals surface area contributed by atoms with Crippen molar-refractivity contribution in [2.45, 2.75) is 13.8 Å². The summed E-state index contributed by atoms with van der Waals surface area (Å²) in [4.78, 5) is 4.43. The molecule has 0 saturated heterocycles. The average molecular weight is 198 g/mol. The topological polar surface area (TPSA) is 45.9 Å². The number of aryl methyl sites for hydroxylation is 2. The van der Waals surface area contributed by atoms with Crippen molar-refractivity contribution in [3.8, 4) is 12.0 Å². The number of nitriles is 1. The number of hydrogen-bond donors (Lipinski definition) is 0. The van der Waals surface area contributed by atoms with Crippen LogP contribution in [0.5, 0.6) is 5.75 Å². The molecule has 0 aliphatic heterocycles. The first-order chi connectivity index (χ1) is 7.22. The molecule has 0 aliphatic rings. The summed E-state index contributed by atoms with van der Waals surface area (Å²) in [6, 6.07) is 7.53. The Bertz CT molecular complexity index is 555. The van der Waals surface area contributed by atoms with Gasteiger partial charge in [-0.1, -0.05) is 6.07 Å². The van der Waals surface area contributed by atoms with Gasteiger partial charge in [0.15, 0.2) is 5.75 Å². The van der Waals surface area contributed by atoms with E-state index in [-0.39, 0.29) is 0 Å². The van der Waals surface area contributed by atoms with E-state index in [9.17, 15) is 0 Å². The molecule has 1 aromatic heterocycles. The van der Waals surface area contributed by atoms with Gasteiger partial charge in [0.25, 0.3) is 6.26 Å². The van der Waals surface area contributed by atoms with Crippen LogP contribution >= 0.6 is 0 Å². The van der Waals surface area contributed by atoms with Gasteiger partial charge in [-0.3, -0.25) is 4.98 Å². The Morgan fingerprint density at radius 1 is 1.20 bits per heavy atom. The van der Waals surface area contributed by atoms with Crippen molar-refractivity contribution >= 4 is 10.9 Å². The van der Waals surface area contributed by atoms with Gasteiger partial charge < -0.3 is 4.74 Å². The highest BCUT2D eigenvalue weighted by Gasteiger charge is 2.05. The van der Waals surface area contributed by atoms with Crippen molar-refractivity contribution in [3.05, 3.63) is 35.5 Å². The van der Waals surface area contributed by atoms with Crippen LogP contribution in [0.1, 0.15) is 11.3 Å². The van der Waals surface area contributed by atoms with Crippen molar-refractivity contribution in [3.63, 3.8) is 0 Å². The molecule has 0 bridgehead atoms. The molecule has 74 valence electrons. The van der Waals surface area contributed by atoms with Crippen molar-refractivity contribution in [2.75, 3.05) is 0 Å². The first-order valence-corrected chi connectivity index (χ1v) is 4.65. The molecule has 1 heterocycles. The fraction of sp³-hybridized carbons (Fsp3) is 0.167. The number of aromatic nitrogens is 1. The number of benzene rings is 1. The van der Waals surface area contributed by atoms with Gasteiger partial charge in [0.05, 0.1) is 5.52 Å². The fourth-order valence-corrected chi connectivity index (χ4v) is 1.56. The highest BCUT2D eigenvalue weighted by atomic mass is 16.5. The molecule has 1 aromatic carbocycles. The lowest BCUT2D eigenvalue weighted by molar-refractivity contribution is 0.513. The van der Waals surface area contributed by atoms with E-state index in [2.05, 4.69) is 4.98 Å². The summed E-state index contributed by atoms with van der Waals surface area (Å²) < 4.78 is 4.88. The first-order valence-electron chi connectivity index (χ1n) is 4.65. The Balaban J connectivity index is 2.77. The van der Waals surface area contributed by atoms with Crippen LogP contribution in [0.15, 0.2) is 24.3 Å². The molecule has 0 unspecified atom stereocenters. The third-order valence-corrected chi connectivity index (χ3v) is 2.31. The summed E-state index contributed by atoms with van der Waals surface area (Å²) in [5.74, 6) is 0.561. The zero-order chi connectivity index (χ0) is 10.8. The van der Waals surface area contributed by atoms with Gasteiger partial charge in [-0.15, -0.1) is 5.26 Å². The average Bonchev–Trinajstić information content (AvgIpc) is 2.23. The Morgan fingerprint density at radius 2 is 2.00 bits per heavy atom. The van der Waals surface area contributed by atoms with Crippen LogP contribution in [0.4, 0.5) is 0 Å². The van der Waals surface area contributed by atoms with E-state index in [4.69, 9.17) is 10.00 Å². The van der Waals surface area contributed by atoms with Gasteiger partial charge in [-0.25, -0.2) is 0 Å². The number of rotatable bonds is 1. The molecule has 0 N–H and O–H groups in total. The molecule has 0 radical (unpaired) electrons. The summed E-state index contributed by atoms with van der Waals surface area (Å²) >= 11 is 0. The molecule has 2 aromatic rings. The van der Waals surface area contributed by atoms with Crippen LogP contribution in [0.3, 0.4) is 0 Å². The maximum absolute atomic E-state index is 8.51. The molecule has 0 atom stereocenters. The highest BCUT2D eigenvalue weighted by Crippen LogP contribution is 2.26. The van der Waals surface area contributed by atoms with Crippen LogP contribution < -0.4 is 4.74 Å². The lowest BCUT2D eigenvalue weighted by Crippen LogP contribution is -1.90. The number of fused-ring (bicyclic) bond motifs is 1. The number of pyridine rings is 1. The largest absolute Gasteiger partial charge is 0.387 e. The molecule has 0 spiro atoms. The normalized spacial score (nSPS) is 9.93. The van der Waals surface area contributed by atoms with E-state index in [1.165, 1.54) is 0 Å². The predicted molar refractivity (Wildman–Crippen MR) is 57.5 cm³/mol. The minimum Gasteiger partial charge on any atom is -0.387 e. The Kier molecular flexibility index (Phi) is 2.26. The quantitative estimate of drug-likeness (QED) is 0.662. The predicted octanol–water partition coefficient (Wildman–Crippen LogP) is 2.71. The van der Waals surface area contributed by atoms with E-state index in [1.54, 1.807) is 12.3 Å². The summed E-state index contributed by atoms with van der Waals surface area (Å²) in [5, 5.41) is 9.39. The van der Waals surface area contributed by atoms with E-state index < -0.39 is 0 Å². The molecule has 2 rings (SSSR count). The molecule has 3 heteroatoms. The molecule has 3 nitrogen and oxygen atoms in total. The molecular weight excluding hydrogens is 188 g/mol. The zero-order valence-electron chi connectivity index (χ0n) is 8.61. The summed E-state index contributed by atoms with van der Waals surface area (Å²) in [5.41, 5.74) is 2.93. The van der Waals surface area contributed by atoms with Gasteiger partial charge in [0, 0.05) is 11.1 Å². The smallest absolute Gasteiger partial charge is 0.292 e. The third kappa shape index (κ3) is 1.62. The Morgan fingerprint density at radius 3 is 2.73 bits per heavy atom. The molecule has 0 fully saturated rings. The van der Waals surface area contributed by atoms with Gasteiger partial charge >= 0.3 is 0 Å². The van der Waals surface area contributed by atoms with Crippen molar-refractivity contribution in [1.29, 1.82) is 5.26 Å². The highest BCUT2D eigenvalue weighted by molar-refractivity contribution is 5.87. The summed E-state index contributed by atoms with van der Waals surface area (Å²) in [6.07, 6.45) is 1.68. The van der Waals surface area contributed by atoms with Crippen molar-refractivity contribution < 1.29 is 4.74 Å². The van der Waals surface area contributed by atoms with E-state index in [0.29, 0.717) is 5.75 Å². The molecular formula is C12H10N2O. The molecule has 0 aliphatic carbocycles. The molecule has 15 heavy (non-hydrogen) atoms. The van der Waals surface area contributed by atoms with Gasteiger partial charge in [0.2, 0.25) is 0 Å². The van der Waals surface area contributed by atoms with Gasteiger partial charge in [-0.05, 0) is 37.6 Å². The Hall–Kier alpha value is -2.08. The maximum Gasteiger partial charge on any atom is 0.292 e. The van der Waals surface area contributed by atoms with E-state index in [0.717, 1.165) is 22.2 Å². The monoisotopic (exact) mass is 198 g/mol. The first kappa shape index (κ1) is 9.47. The molecule has 0 amide bonds. The van der Waals surface area contributed by atoms with Crippen LogP contribution in [-0.2, 0) is 0 Å². The van der Waals surface area contributed by atoms with Gasteiger partial charge in [0.1, 0.15) is 0 Å².